The lowest BCUT2D eigenvalue weighted by atomic mass is 10.1. The molecular weight excluding hydrogens is 480 g/mol. The van der Waals surface area contributed by atoms with E-state index in [4.69, 9.17) is 4.74 Å². The first-order chi connectivity index (χ1) is 18.5. The van der Waals surface area contributed by atoms with Gasteiger partial charge in [0.25, 0.3) is 11.8 Å². The molecule has 2 N–H and O–H groups in total. The van der Waals surface area contributed by atoms with Crippen LogP contribution in [0.2, 0.25) is 0 Å². The summed E-state index contributed by atoms with van der Waals surface area (Å²) >= 11 is 0. The second kappa shape index (κ2) is 12.4. The van der Waals surface area contributed by atoms with Crippen LogP contribution in [0, 0.1) is 0 Å². The minimum absolute atomic E-state index is 0.0328. The predicted octanol–water partition coefficient (Wildman–Crippen LogP) is 6.88. The fraction of sp³-hybridized carbons (Fsp3) is 0.129. The molecule has 0 aliphatic carbocycles. The number of anilines is 2. The molecule has 4 aromatic carbocycles. The minimum atomic E-state index is -1.16. The Kier molecular flexibility index (Phi) is 8.51. The molecule has 0 bridgehead atoms. The molecule has 0 atom stereocenters. The third-order valence-electron chi connectivity index (χ3n) is 5.87. The molecule has 2 amide bonds. The lowest BCUT2D eigenvalue weighted by Crippen LogP contribution is -2.33. The molecule has 7 nitrogen and oxygen atoms in total. The molecule has 7 heteroatoms. The average Bonchev–Trinajstić information content (AvgIpc) is 2.95. The molecule has 0 saturated carbocycles. The van der Waals surface area contributed by atoms with Crippen LogP contribution in [0.1, 0.15) is 50.8 Å². The van der Waals surface area contributed by atoms with E-state index in [1.54, 1.807) is 84.9 Å². The maximum Gasteiger partial charge on any atom is 0.337 e. The lowest BCUT2D eigenvalue weighted by Gasteiger charge is -2.25. The average molecular weight is 509 g/mol. The number of carbonyl (C=O) groups excluding carboxylic acids is 2. The van der Waals surface area contributed by atoms with Gasteiger partial charge in [0.2, 0.25) is 0 Å². The van der Waals surface area contributed by atoms with Gasteiger partial charge in [0.05, 0.1) is 11.3 Å². The second-order valence-corrected chi connectivity index (χ2v) is 8.61. The summed E-state index contributed by atoms with van der Waals surface area (Å²) in [6, 6.07) is 29.1. The van der Waals surface area contributed by atoms with Gasteiger partial charge in [-0.3, -0.25) is 9.59 Å². The van der Waals surface area contributed by atoms with E-state index >= 15 is 0 Å². The highest BCUT2D eigenvalue weighted by Gasteiger charge is 2.23. The number of benzene rings is 4. The number of nitrogens with one attached hydrogen (secondary N) is 1. The number of amides is 2. The van der Waals surface area contributed by atoms with Crippen molar-refractivity contribution in [3.63, 3.8) is 0 Å². The zero-order chi connectivity index (χ0) is 26.9. The maximum absolute atomic E-state index is 13.3. The van der Waals surface area contributed by atoms with E-state index in [0.717, 1.165) is 12.8 Å². The highest BCUT2D eigenvalue weighted by molar-refractivity contribution is 6.09. The lowest BCUT2D eigenvalue weighted by molar-refractivity contribution is 0.0697. The van der Waals surface area contributed by atoms with Crippen molar-refractivity contribution >= 4 is 29.2 Å². The molecule has 0 unspecified atom stereocenters. The van der Waals surface area contributed by atoms with Gasteiger partial charge in [0.15, 0.2) is 0 Å². The number of rotatable bonds is 10. The Labute approximate surface area is 221 Å². The standard InChI is InChI=1S/C31H28N2O5/c1-2-3-20-33(30(35)23-12-8-5-9-13-23)28-19-18-26(21-27(28)31(36)37)38-25-16-14-24(15-17-25)32-29(34)22-10-6-4-7-11-22/h4-19,21H,2-3,20H2,1H3,(H,32,34)(H,36,37). The van der Waals surface area contributed by atoms with Gasteiger partial charge < -0.3 is 20.1 Å². The van der Waals surface area contributed by atoms with E-state index in [1.165, 1.54) is 11.0 Å². The van der Waals surface area contributed by atoms with Crippen LogP contribution in [0.3, 0.4) is 0 Å². The van der Waals surface area contributed by atoms with E-state index < -0.39 is 5.97 Å². The number of unbranched alkanes of at least 4 members (excludes halogenated alkanes) is 1. The van der Waals surface area contributed by atoms with Crippen LogP contribution in [0.5, 0.6) is 11.5 Å². The molecule has 0 aliphatic heterocycles. The summed E-state index contributed by atoms with van der Waals surface area (Å²) in [4.78, 5) is 39.3. The largest absolute Gasteiger partial charge is 0.478 e. The predicted molar refractivity (Wildman–Crippen MR) is 147 cm³/mol. The zero-order valence-electron chi connectivity index (χ0n) is 21.0. The third-order valence-corrected chi connectivity index (χ3v) is 5.87. The SMILES string of the molecule is CCCCN(C(=O)c1ccccc1)c1ccc(Oc2ccc(NC(=O)c3ccccc3)cc2)cc1C(=O)O. The smallest absolute Gasteiger partial charge is 0.337 e. The number of aromatic carboxylic acids is 1. The van der Waals surface area contributed by atoms with Crippen molar-refractivity contribution in [3.05, 3.63) is 120 Å². The summed E-state index contributed by atoms with van der Waals surface area (Å²) in [5.74, 6) is -0.862. The van der Waals surface area contributed by atoms with E-state index in [-0.39, 0.29) is 17.4 Å². The maximum atomic E-state index is 13.3. The fourth-order valence-corrected chi connectivity index (χ4v) is 3.90. The van der Waals surface area contributed by atoms with Gasteiger partial charge in [-0.2, -0.15) is 0 Å². The van der Waals surface area contributed by atoms with E-state index in [0.29, 0.717) is 40.5 Å². The normalized spacial score (nSPS) is 10.4. The molecule has 4 aromatic rings. The summed E-state index contributed by atoms with van der Waals surface area (Å²) in [6.45, 7) is 2.40. The molecule has 0 saturated heterocycles. The number of hydrogen-bond acceptors (Lipinski definition) is 4. The Balaban J connectivity index is 1.53. The Bertz CT molecular complexity index is 1400. The van der Waals surface area contributed by atoms with Crippen molar-refractivity contribution in [1.29, 1.82) is 0 Å². The van der Waals surface area contributed by atoms with E-state index in [1.807, 2.05) is 19.1 Å². The van der Waals surface area contributed by atoms with Crippen LogP contribution < -0.4 is 15.0 Å². The molecule has 0 aromatic heterocycles. The number of hydrogen-bond donors (Lipinski definition) is 2. The van der Waals surface area contributed by atoms with Crippen LogP contribution >= 0.6 is 0 Å². The van der Waals surface area contributed by atoms with Crippen LogP contribution in [-0.2, 0) is 0 Å². The first kappa shape index (κ1) is 26.2. The highest BCUT2D eigenvalue weighted by atomic mass is 16.5. The van der Waals surface area contributed by atoms with E-state index in [2.05, 4.69) is 5.32 Å². The summed E-state index contributed by atoms with van der Waals surface area (Å²) in [5.41, 5.74) is 1.91. The van der Waals surface area contributed by atoms with Crippen molar-refractivity contribution in [2.45, 2.75) is 19.8 Å². The number of carbonyl (C=O) groups is 3. The first-order valence-electron chi connectivity index (χ1n) is 12.3. The van der Waals surface area contributed by atoms with Crippen LogP contribution in [0.25, 0.3) is 0 Å². The van der Waals surface area contributed by atoms with Crippen LogP contribution in [0.4, 0.5) is 11.4 Å². The summed E-state index contributed by atoms with van der Waals surface area (Å²) in [5, 5.41) is 12.8. The van der Waals surface area contributed by atoms with Gasteiger partial charge in [0.1, 0.15) is 11.5 Å². The topological polar surface area (TPSA) is 95.9 Å². The number of carboxylic acids is 1. The van der Waals surface area contributed by atoms with Gasteiger partial charge >= 0.3 is 5.97 Å². The summed E-state index contributed by atoms with van der Waals surface area (Å²) in [6.07, 6.45) is 1.58. The Morgan fingerprint density at radius 2 is 1.39 bits per heavy atom. The molecule has 0 heterocycles. The van der Waals surface area contributed by atoms with Crippen molar-refractivity contribution < 1.29 is 24.2 Å². The molecular formula is C31H28N2O5. The molecule has 0 spiro atoms. The van der Waals surface area contributed by atoms with Gasteiger partial charge in [-0.1, -0.05) is 49.7 Å². The number of nitrogens with zero attached hydrogens (tertiary/aromatic N) is 1. The number of ether oxygens (including phenoxy) is 1. The van der Waals surface area contributed by atoms with Crippen molar-refractivity contribution in [3.8, 4) is 11.5 Å². The van der Waals surface area contributed by atoms with Gasteiger partial charge in [-0.05, 0) is 73.2 Å². The van der Waals surface area contributed by atoms with Crippen molar-refractivity contribution in [1.82, 2.24) is 0 Å². The molecule has 0 aliphatic rings. The second-order valence-electron chi connectivity index (χ2n) is 8.61. The summed E-state index contributed by atoms with van der Waals surface area (Å²) < 4.78 is 5.90. The van der Waals surface area contributed by atoms with Crippen molar-refractivity contribution in [2.24, 2.45) is 0 Å². The third kappa shape index (κ3) is 6.44. The van der Waals surface area contributed by atoms with Crippen LogP contribution in [0.15, 0.2) is 103 Å². The summed E-state index contributed by atoms with van der Waals surface area (Å²) in [7, 11) is 0. The van der Waals surface area contributed by atoms with E-state index in [9.17, 15) is 19.5 Å². The molecule has 192 valence electrons. The highest BCUT2D eigenvalue weighted by Crippen LogP contribution is 2.31. The van der Waals surface area contributed by atoms with Gasteiger partial charge in [-0.25, -0.2) is 4.79 Å². The number of carboxylic acid groups (broad SMARTS) is 1. The Hall–Kier alpha value is -4.91. The minimum Gasteiger partial charge on any atom is -0.478 e. The molecule has 0 fully saturated rings. The molecule has 0 radical (unpaired) electrons. The van der Waals surface area contributed by atoms with Crippen molar-refractivity contribution in [2.75, 3.05) is 16.8 Å². The van der Waals surface area contributed by atoms with Gasteiger partial charge in [0, 0.05) is 23.4 Å². The molecule has 4 rings (SSSR count). The molecule has 38 heavy (non-hydrogen) atoms. The monoisotopic (exact) mass is 508 g/mol. The fourth-order valence-electron chi connectivity index (χ4n) is 3.90. The Morgan fingerprint density at radius 1 is 0.789 bits per heavy atom. The van der Waals surface area contributed by atoms with Gasteiger partial charge in [-0.15, -0.1) is 0 Å². The Morgan fingerprint density at radius 3 is 2.00 bits per heavy atom. The van der Waals surface area contributed by atoms with Crippen LogP contribution in [-0.4, -0.2) is 29.4 Å². The first-order valence-corrected chi connectivity index (χ1v) is 12.3. The zero-order valence-corrected chi connectivity index (χ0v) is 21.0. The quantitative estimate of drug-likeness (QED) is 0.244.